The van der Waals surface area contributed by atoms with Crippen LogP contribution in [-0.4, -0.2) is 23.5 Å². The van der Waals surface area contributed by atoms with Crippen molar-refractivity contribution in [3.63, 3.8) is 0 Å². The lowest BCUT2D eigenvalue weighted by atomic mass is 10.9. The zero-order valence-corrected chi connectivity index (χ0v) is 10.5. The minimum Gasteiger partial charge on any atom is -0.351 e. The molecule has 0 rings (SSSR count). The molecular weight excluding hydrogens is 168 g/mol. The van der Waals surface area contributed by atoms with Crippen LogP contribution < -0.4 is 10.4 Å². The van der Waals surface area contributed by atoms with E-state index in [0.29, 0.717) is 0 Å². The smallest absolute Gasteiger partial charge is 0.118 e. The first-order valence-electron chi connectivity index (χ1n) is 4.25. The second kappa shape index (κ2) is 3.84. The molecule has 11 heavy (non-hydrogen) atoms. The van der Waals surface area contributed by atoms with Crippen molar-refractivity contribution in [3.05, 3.63) is 0 Å². The van der Waals surface area contributed by atoms with E-state index in [9.17, 15) is 0 Å². The molecule has 0 atom stereocenters. The van der Waals surface area contributed by atoms with Gasteiger partial charge in [-0.2, -0.15) is 0 Å². The summed E-state index contributed by atoms with van der Waals surface area (Å²) >= 11 is 0. The summed E-state index contributed by atoms with van der Waals surface area (Å²) in [6.45, 7) is 9.17. The van der Waals surface area contributed by atoms with Crippen molar-refractivity contribution in [3.8, 4) is 0 Å². The first kappa shape index (κ1) is 11.4. The lowest BCUT2D eigenvalue weighted by Crippen LogP contribution is -2.46. The van der Waals surface area contributed by atoms with Gasteiger partial charge < -0.3 is 10.4 Å². The van der Waals surface area contributed by atoms with Crippen molar-refractivity contribution >= 4 is 16.5 Å². The van der Waals surface area contributed by atoms with Crippen LogP contribution in [0.15, 0.2) is 0 Å². The molecule has 2 nitrogen and oxygen atoms in total. The largest absolute Gasteiger partial charge is 0.351 e. The predicted octanol–water partition coefficient (Wildman–Crippen LogP) is 1.57. The third kappa shape index (κ3) is 6.74. The summed E-state index contributed by atoms with van der Waals surface area (Å²) in [5, 5.41) is 6.03. The summed E-state index contributed by atoms with van der Waals surface area (Å²) in [5.41, 5.74) is 0. The first-order valence-corrected chi connectivity index (χ1v) is 10.7. The molecule has 0 unspecified atom stereocenters. The summed E-state index contributed by atoms with van der Waals surface area (Å²) in [6.07, 6.45) is 0. The average Bonchev–Trinajstić information content (AvgIpc) is 1.83. The maximum Gasteiger partial charge on any atom is 0.118 e. The van der Waals surface area contributed by atoms with Gasteiger partial charge in [-0.15, -0.1) is 0 Å². The van der Waals surface area contributed by atoms with E-state index < -0.39 is 16.5 Å². The van der Waals surface area contributed by atoms with Crippen molar-refractivity contribution in [1.82, 2.24) is 4.98 Å². The molecule has 0 aromatic rings. The molecule has 0 saturated carbocycles. The predicted molar refractivity (Wildman–Crippen MR) is 57.8 cm³/mol. The summed E-state index contributed by atoms with van der Waals surface area (Å²) in [4.78, 5) is 3.42. The van der Waals surface area contributed by atoms with Crippen molar-refractivity contribution in [2.45, 2.75) is 38.3 Å². The Morgan fingerprint density at radius 2 is 1.55 bits per heavy atom. The van der Waals surface area contributed by atoms with Crippen LogP contribution in [0.3, 0.4) is 0 Å². The standard InChI is InChI=1S/C7H22N2Si2/c1-9-11(4,5)7-6-10(2,3)8/h9H,6-8H2,1-5H3. The number of hydrogen-bond acceptors (Lipinski definition) is 2. The van der Waals surface area contributed by atoms with E-state index in [4.69, 9.17) is 5.40 Å². The molecule has 0 radical (unpaired) electrons. The zero-order valence-electron chi connectivity index (χ0n) is 8.49. The highest BCUT2D eigenvalue weighted by atomic mass is 28.3. The van der Waals surface area contributed by atoms with E-state index >= 15 is 0 Å². The Balaban J connectivity index is 3.70. The highest BCUT2D eigenvalue weighted by Crippen LogP contribution is 2.13. The van der Waals surface area contributed by atoms with Gasteiger partial charge in [0, 0.05) is 0 Å². The van der Waals surface area contributed by atoms with Gasteiger partial charge in [0.2, 0.25) is 0 Å². The highest BCUT2D eigenvalue weighted by Gasteiger charge is 2.23. The van der Waals surface area contributed by atoms with E-state index in [1.807, 2.05) is 0 Å². The van der Waals surface area contributed by atoms with Crippen LogP contribution in [0.5, 0.6) is 0 Å². The van der Waals surface area contributed by atoms with E-state index in [2.05, 4.69) is 38.2 Å². The number of nitrogens with two attached hydrogens (primary N) is 1. The van der Waals surface area contributed by atoms with Crippen molar-refractivity contribution in [1.29, 1.82) is 0 Å². The van der Waals surface area contributed by atoms with Crippen LogP contribution in [0.1, 0.15) is 0 Å². The van der Waals surface area contributed by atoms with Gasteiger partial charge in [-0.1, -0.05) is 26.2 Å². The van der Waals surface area contributed by atoms with Crippen molar-refractivity contribution < 1.29 is 0 Å². The van der Waals surface area contributed by atoms with Gasteiger partial charge in [-0.05, 0) is 19.1 Å². The molecule has 0 aromatic carbocycles. The molecule has 4 heteroatoms. The Bertz CT molecular complexity index is 118. The van der Waals surface area contributed by atoms with Gasteiger partial charge in [-0.25, -0.2) is 0 Å². The maximum atomic E-state index is 6.03. The van der Waals surface area contributed by atoms with Gasteiger partial charge in [-0.3, -0.25) is 0 Å². The molecule has 0 saturated heterocycles. The molecular formula is C7H22N2Si2. The topological polar surface area (TPSA) is 38.0 Å². The van der Waals surface area contributed by atoms with Crippen molar-refractivity contribution in [2.24, 2.45) is 5.40 Å². The van der Waals surface area contributed by atoms with Crippen LogP contribution in [0, 0.1) is 0 Å². The van der Waals surface area contributed by atoms with E-state index in [1.165, 1.54) is 12.1 Å². The lowest BCUT2D eigenvalue weighted by Gasteiger charge is -2.25. The molecule has 0 spiro atoms. The second-order valence-electron chi connectivity index (χ2n) is 4.62. The summed E-state index contributed by atoms with van der Waals surface area (Å²) in [7, 11) is -0.304. The third-order valence-corrected chi connectivity index (χ3v) is 6.96. The van der Waals surface area contributed by atoms with E-state index in [1.54, 1.807) is 0 Å². The molecule has 0 heterocycles. The number of nitrogens with one attached hydrogen (secondary N) is 1. The Kier molecular flexibility index (Phi) is 3.97. The molecule has 0 aliphatic carbocycles. The third-order valence-electron chi connectivity index (χ3n) is 2.07. The van der Waals surface area contributed by atoms with Crippen LogP contribution >= 0.6 is 0 Å². The fraction of sp³-hybridized carbons (Fsp3) is 1.00. The molecule has 0 aromatic heterocycles. The summed E-state index contributed by atoms with van der Waals surface area (Å²) in [6, 6.07) is 2.58. The molecule has 0 amide bonds. The fourth-order valence-corrected chi connectivity index (χ4v) is 6.09. The number of hydrogen-bond donors (Lipinski definition) is 2. The minimum atomic E-state index is -1.29. The Labute approximate surface area is 72.7 Å². The monoisotopic (exact) mass is 190 g/mol. The highest BCUT2D eigenvalue weighted by molar-refractivity contribution is 6.79. The van der Waals surface area contributed by atoms with Crippen molar-refractivity contribution in [2.75, 3.05) is 7.05 Å². The zero-order chi connectivity index (χ0) is 9.12. The molecule has 0 bridgehead atoms. The normalized spacial score (nSPS) is 13.6. The van der Waals surface area contributed by atoms with E-state index in [-0.39, 0.29) is 0 Å². The molecule has 0 aliphatic rings. The first-order chi connectivity index (χ1) is 4.77. The van der Waals surface area contributed by atoms with Crippen LogP contribution in [0.25, 0.3) is 0 Å². The number of rotatable bonds is 4. The van der Waals surface area contributed by atoms with Crippen LogP contribution in [0.4, 0.5) is 0 Å². The molecule has 68 valence electrons. The Morgan fingerprint density at radius 3 is 1.82 bits per heavy atom. The Hall–Kier alpha value is 0.354. The molecule has 3 N–H and O–H groups in total. The van der Waals surface area contributed by atoms with Crippen LogP contribution in [0.2, 0.25) is 38.3 Å². The lowest BCUT2D eigenvalue weighted by molar-refractivity contribution is 1.10. The quantitative estimate of drug-likeness (QED) is 0.661. The second-order valence-corrected chi connectivity index (χ2v) is 13.9. The fourth-order valence-electron chi connectivity index (χ4n) is 0.760. The minimum absolute atomic E-state index is 1.08. The van der Waals surface area contributed by atoms with Gasteiger partial charge in [0.25, 0.3) is 0 Å². The van der Waals surface area contributed by atoms with Crippen LogP contribution in [-0.2, 0) is 0 Å². The molecule has 0 aliphatic heterocycles. The van der Waals surface area contributed by atoms with Gasteiger partial charge in [0.05, 0.1) is 0 Å². The average molecular weight is 190 g/mol. The van der Waals surface area contributed by atoms with Gasteiger partial charge in [0.1, 0.15) is 16.5 Å². The summed E-state index contributed by atoms with van der Waals surface area (Å²) < 4.78 is 0. The summed E-state index contributed by atoms with van der Waals surface area (Å²) in [5.74, 6) is 0. The van der Waals surface area contributed by atoms with Gasteiger partial charge in [0.15, 0.2) is 0 Å². The van der Waals surface area contributed by atoms with E-state index in [0.717, 1.165) is 0 Å². The SMILES string of the molecule is CN[Si](C)(C)CC[Si](C)(C)N. The molecule has 0 fully saturated rings. The van der Waals surface area contributed by atoms with Gasteiger partial charge >= 0.3 is 0 Å². The Morgan fingerprint density at radius 1 is 1.09 bits per heavy atom. The maximum absolute atomic E-state index is 6.03.